The Kier molecular flexibility index (Phi) is 2.74. The summed E-state index contributed by atoms with van der Waals surface area (Å²) in [6.07, 6.45) is 2.17. The lowest BCUT2D eigenvalue weighted by Crippen LogP contribution is -2.45. The van der Waals surface area contributed by atoms with Crippen LogP contribution >= 0.6 is 11.3 Å². The SMILES string of the molecule is Cc1csc(N2CCC(N)CC2C)n1. The van der Waals surface area contributed by atoms with Crippen LogP contribution in [0, 0.1) is 6.92 Å². The summed E-state index contributed by atoms with van der Waals surface area (Å²) in [4.78, 5) is 6.89. The number of piperidine rings is 1. The largest absolute Gasteiger partial charge is 0.345 e. The zero-order valence-electron chi connectivity index (χ0n) is 8.73. The Morgan fingerprint density at radius 1 is 1.64 bits per heavy atom. The first-order valence-electron chi connectivity index (χ1n) is 5.11. The molecule has 1 aromatic heterocycles. The Hall–Kier alpha value is -0.610. The standard InChI is InChI=1S/C10H17N3S/c1-7-6-14-10(12-7)13-4-3-9(11)5-8(13)2/h6,8-9H,3-5,11H2,1-2H3. The number of aromatic nitrogens is 1. The van der Waals surface area contributed by atoms with E-state index in [0.717, 1.165) is 30.2 Å². The fraction of sp³-hybridized carbons (Fsp3) is 0.700. The van der Waals surface area contributed by atoms with Crippen LogP contribution in [0.15, 0.2) is 5.38 Å². The van der Waals surface area contributed by atoms with Crippen molar-refractivity contribution >= 4 is 16.5 Å². The van der Waals surface area contributed by atoms with Gasteiger partial charge in [0.1, 0.15) is 0 Å². The molecule has 0 aromatic carbocycles. The highest BCUT2D eigenvalue weighted by molar-refractivity contribution is 7.13. The van der Waals surface area contributed by atoms with Gasteiger partial charge in [0.15, 0.2) is 5.13 Å². The van der Waals surface area contributed by atoms with Crippen molar-refractivity contribution in [1.82, 2.24) is 4.98 Å². The van der Waals surface area contributed by atoms with Gasteiger partial charge in [-0.1, -0.05) is 0 Å². The monoisotopic (exact) mass is 211 g/mol. The first kappa shape index (κ1) is 9.93. The molecule has 1 aromatic rings. The van der Waals surface area contributed by atoms with E-state index < -0.39 is 0 Å². The van der Waals surface area contributed by atoms with E-state index in [9.17, 15) is 0 Å². The van der Waals surface area contributed by atoms with Gasteiger partial charge in [-0.25, -0.2) is 4.98 Å². The Morgan fingerprint density at radius 3 is 3.00 bits per heavy atom. The number of nitrogens with zero attached hydrogens (tertiary/aromatic N) is 2. The Labute approximate surface area is 88.9 Å². The lowest BCUT2D eigenvalue weighted by molar-refractivity contribution is 0.429. The molecule has 1 aliphatic rings. The second-order valence-electron chi connectivity index (χ2n) is 4.10. The van der Waals surface area contributed by atoms with E-state index in [1.807, 2.05) is 6.92 Å². The minimum Gasteiger partial charge on any atom is -0.345 e. The number of aryl methyl sites for hydroxylation is 1. The molecule has 0 amide bonds. The summed E-state index contributed by atoms with van der Waals surface area (Å²) in [5, 5.41) is 3.26. The molecule has 14 heavy (non-hydrogen) atoms. The van der Waals surface area contributed by atoms with Crippen LogP contribution in [-0.4, -0.2) is 23.6 Å². The van der Waals surface area contributed by atoms with Crippen molar-refractivity contribution in [2.45, 2.75) is 38.8 Å². The zero-order chi connectivity index (χ0) is 10.1. The van der Waals surface area contributed by atoms with Gasteiger partial charge < -0.3 is 10.6 Å². The number of nitrogens with two attached hydrogens (primary N) is 1. The van der Waals surface area contributed by atoms with Crippen molar-refractivity contribution in [3.8, 4) is 0 Å². The highest BCUT2D eigenvalue weighted by Gasteiger charge is 2.24. The van der Waals surface area contributed by atoms with Crippen molar-refractivity contribution in [2.75, 3.05) is 11.4 Å². The summed E-state index contributed by atoms with van der Waals surface area (Å²) in [5.74, 6) is 0. The molecule has 0 bridgehead atoms. The number of thiazole rings is 1. The molecule has 2 atom stereocenters. The fourth-order valence-electron chi connectivity index (χ4n) is 1.97. The fourth-order valence-corrected chi connectivity index (χ4v) is 2.90. The van der Waals surface area contributed by atoms with Crippen molar-refractivity contribution in [1.29, 1.82) is 0 Å². The lowest BCUT2D eigenvalue weighted by Gasteiger charge is -2.36. The van der Waals surface area contributed by atoms with E-state index in [0.29, 0.717) is 12.1 Å². The summed E-state index contributed by atoms with van der Waals surface area (Å²) in [5.41, 5.74) is 7.04. The third-order valence-electron chi connectivity index (χ3n) is 2.77. The van der Waals surface area contributed by atoms with Crippen LogP contribution in [0.2, 0.25) is 0 Å². The number of hydrogen-bond donors (Lipinski definition) is 1. The molecule has 0 aliphatic carbocycles. The molecule has 0 spiro atoms. The number of hydrogen-bond acceptors (Lipinski definition) is 4. The zero-order valence-corrected chi connectivity index (χ0v) is 9.55. The molecule has 1 fully saturated rings. The van der Waals surface area contributed by atoms with Crippen molar-refractivity contribution in [3.05, 3.63) is 11.1 Å². The quantitative estimate of drug-likeness (QED) is 0.769. The minimum absolute atomic E-state index is 0.377. The van der Waals surface area contributed by atoms with Gasteiger partial charge >= 0.3 is 0 Å². The Bertz CT molecular complexity index is 310. The highest BCUT2D eigenvalue weighted by atomic mass is 32.1. The van der Waals surface area contributed by atoms with E-state index in [1.165, 1.54) is 0 Å². The molecule has 2 unspecified atom stereocenters. The molecule has 4 heteroatoms. The van der Waals surface area contributed by atoms with Gasteiger partial charge in [-0.3, -0.25) is 0 Å². The molecule has 3 nitrogen and oxygen atoms in total. The average molecular weight is 211 g/mol. The van der Waals surface area contributed by atoms with Gasteiger partial charge in [0, 0.05) is 24.0 Å². The molecule has 2 heterocycles. The van der Waals surface area contributed by atoms with Gasteiger partial charge in [0.05, 0.1) is 5.69 Å². The summed E-state index contributed by atoms with van der Waals surface area (Å²) in [6.45, 7) is 5.32. The molecular weight excluding hydrogens is 194 g/mol. The predicted molar refractivity (Wildman–Crippen MR) is 60.9 cm³/mol. The van der Waals surface area contributed by atoms with Crippen LogP contribution < -0.4 is 10.6 Å². The van der Waals surface area contributed by atoms with Crippen LogP contribution in [0.5, 0.6) is 0 Å². The topological polar surface area (TPSA) is 42.1 Å². The molecule has 2 N–H and O–H groups in total. The maximum absolute atomic E-state index is 5.93. The van der Waals surface area contributed by atoms with Gasteiger partial charge in [0.2, 0.25) is 0 Å². The maximum atomic E-state index is 5.93. The summed E-state index contributed by atoms with van der Waals surface area (Å²) in [6, 6.07) is 0.909. The first-order valence-corrected chi connectivity index (χ1v) is 5.99. The third-order valence-corrected chi connectivity index (χ3v) is 3.76. The van der Waals surface area contributed by atoms with Crippen LogP contribution in [0.1, 0.15) is 25.5 Å². The van der Waals surface area contributed by atoms with Crippen LogP contribution in [0.25, 0.3) is 0 Å². The van der Waals surface area contributed by atoms with E-state index in [-0.39, 0.29) is 0 Å². The number of anilines is 1. The maximum Gasteiger partial charge on any atom is 0.185 e. The first-order chi connectivity index (χ1) is 6.66. The molecule has 0 radical (unpaired) electrons. The van der Waals surface area contributed by atoms with Crippen LogP contribution in [-0.2, 0) is 0 Å². The molecule has 1 aliphatic heterocycles. The molecule has 1 saturated heterocycles. The molecule has 2 rings (SSSR count). The summed E-state index contributed by atoms with van der Waals surface area (Å²) >= 11 is 1.74. The minimum atomic E-state index is 0.377. The van der Waals surface area contributed by atoms with Crippen molar-refractivity contribution < 1.29 is 0 Å². The summed E-state index contributed by atoms with van der Waals surface area (Å²) in [7, 11) is 0. The molecular formula is C10H17N3S. The van der Waals surface area contributed by atoms with Gasteiger partial charge in [0.25, 0.3) is 0 Å². The highest BCUT2D eigenvalue weighted by Crippen LogP contribution is 2.26. The lowest BCUT2D eigenvalue weighted by atomic mass is 10.00. The molecule has 78 valence electrons. The van der Waals surface area contributed by atoms with E-state index in [4.69, 9.17) is 5.73 Å². The normalized spacial score (nSPS) is 28.1. The average Bonchev–Trinajstić information content (AvgIpc) is 2.51. The molecule has 0 saturated carbocycles. The van der Waals surface area contributed by atoms with Crippen LogP contribution in [0.4, 0.5) is 5.13 Å². The van der Waals surface area contributed by atoms with Crippen molar-refractivity contribution in [2.24, 2.45) is 5.73 Å². The number of rotatable bonds is 1. The third kappa shape index (κ3) is 1.91. The smallest absolute Gasteiger partial charge is 0.185 e. The van der Waals surface area contributed by atoms with Crippen LogP contribution in [0.3, 0.4) is 0 Å². The van der Waals surface area contributed by atoms with Gasteiger partial charge in [-0.05, 0) is 26.7 Å². The summed E-state index contributed by atoms with van der Waals surface area (Å²) < 4.78 is 0. The second-order valence-corrected chi connectivity index (χ2v) is 4.93. The second kappa shape index (κ2) is 3.87. The Morgan fingerprint density at radius 2 is 2.43 bits per heavy atom. The van der Waals surface area contributed by atoms with E-state index in [2.05, 4.69) is 22.2 Å². The predicted octanol–water partition coefficient (Wildman–Crippen LogP) is 1.77. The van der Waals surface area contributed by atoms with E-state index >= 15 is 0 Å². The Balaban J connectivity index is 2.11. The van der Waals surface area contributed by atoms with E-state index in [1.54, 1.807) is 11.3 Å². The van der Waals surface area contributed by atoms with Crippen molar-refractivity contribution in [3.63, 3.8) is 0 Å². The van der Waals surface area contributed by atoms with Gasteiger partial charge in [-0.15, -0.1) is 11.3 Å². The van der Waals surface area contributed by atoms with Gasteiger partial charge in [-0.2, -0.15) is 0 Å².